The van der Waals surface area contributed by atoms with E-state index in [-0.39, 0.29) is 5.75 Å². The fraction of sp³-hybridized carbons (Fsp3) is 0.632. The molecule has 1 fully saturated rings. The van der Waals surface area contributed by atoms with Gasteiger partial charge in [0.25, 0.3) is 0 Å². The number of methoxy groups -OCH3 is 1. The average Bonchev–Trinajstić information content (AvgIpc) is 2.66. The molecule has 2 rings (SSSR count). The summed E-state index contributed by atoms with van der Waals surface area (Å²) < 4.78 is 11.1. The van der Waals surface area contributed by atoms with Crippen molar-refractivity contribution in [3.63, 3.8) is 0 Å². The molecule has 0 spiro atoms. The molecule has 0 radical (unpaired) electrons. The Balaban J connectivity index is 1.65. The van der Waals surface area contributed by atoms with Crippen LogP contribution in [0.15, 0.2) is 23.2 Å². The Bertz CT molecular complexity index is 543. The van der Waals surface area contributed by atoms with E-state index in [0.29, 0.717) is 18.6 Å². The zero-order chi connectivity index (χ0) is 17.9. The van der Waals surface area contributed by atoms with Gasteiger partial charge < -0.3 is 25.2 Å². The molecule has 3 N–H and O–H groups in total. The summed E-state index contributed by atoms with van der Waals surface area (Å²) >= 11 is 0. The van der Waals surface area contributed by atoms with Crippen LogP contribution in [0.25, 0.3) is 0 Å². The molecule has 0 amide bonds. The minimum Gasteiger partial charge on any atom is -0.508 e. The Morgan fingerprint density at radius 3 is 2.76 bits per heavy atom. The number of aliphatic imine (C=N–C) groups is 1. The lowest BCUT2D eigenvalue weighted by molar-refractivity contribution is 0.0277. The minimum atomic E-state index is 0.240. The number of guanidine groups is 1. The van der Waals surface area contributed by atoms with Crippen LogP contribution >= 0.6 is 0 Å². The highest BCUT2D eigenvalue weighted by Crippen LogP contribution is 2.22. The molecule has 25 heavy (non-hydrogen) atoms. The second-order valence-electron chi connectivity index (χ2n) is 6.33. The average molecular weight is 349 g/mol. The third-order valence-corrected chi connectivity index (χ3v) is 4.48. The molecule has 0 aromatic heterocycles. The number of hydrogen-bond donors (Lipinski definition) is 3. The first kappa shape index (κ1) is 19.4. The number of nitrogens with zero attached hydrogens (tertiary/aromatic N) is 1. The first-order chi connectivity index (χ1) is 12.2. The molecule has 0 aliphatic heterocycles. The molecule has 0 atom stereocenters. The number of hydrogen-bond acceptors (Lipinski definition) is 4. The normalized spacial score (nSPS) is 15.8. The monoisotopic (exact) mass is 349 g/mol. The Morgan fingerprint density at radius 2 is 2.04 bits per heavy atom. The van der Waals surface area contributed by atoms with E-state index in [9.17, 15) is 5.11 Å². The van der Waals surface area contributed by atoms with Crippen LogP contribution in [0.5, 0.6) is 11.5 Å². The Hall–Kier alpha value is -1.95. The van der Waals surface area contributed by atoms with E-state index in [1.165, 1.54) is 32.1 Å². The van der Waals surface area contributed by atoms with Gasteiger partial charge in [-0.05, 0) is 37.5 Å². The predicted octanol–water partition coefficient (Wildman–Crippen LogP) is 2.81. The number of benzene rings is 1. The molecule has 1 aromatic rings. The van der Waals surface area contributed by atoms with E-state index in [0.717, 1.165) is 30.9 Å². The van der Waals surface area contributed by atoms with Gasteiger partial charge in [-0.2, -0.15) is 0 Å². The fourth-order valence-corrected chi connectivity index (χ4v) is 2.99. The highest BCUT2D eigenvalue weighted by Gasteiger charge is 2.13. The number of nitrogens with one attached hydrogen (secondary N) is 2. The molecular formula is C19H31N3O3. The summed E-state index contributed by atoms with van der Waals surface area (Å²) in [4.78, 5) is 4.20. The second-order valence-corrected chi connectivity index (χ2v) is 6.33. The fourth-order valence-electron chi connectivity index (χ4n) is 2.99. The Morgan fingerprint density at radius 1 is 1.24 bits per heavy atom. The van der Waals surface area contributed by atoms with Gasteiger partial charge in [0.2, 0.25) is 0 Å². The van der Waals surface area contributed by atoms with Gasteiger partial charge >= 0.3 is 0 Å². The predicted molar refractivity (Wildman–Crippen MR) is 100 cm³/mol. The van der Waals surface area contributed by atoms with Crippen LogP contribution < -0.4 is 15.4 Å². The standard InChI is InChI=1S/C19H31N3O3/c1-20-19(21-11-6-12-25-16-7-4-3-5-8-16)22-14-15-13-17(24-2)9-10-18(15)23/h9-10,13,16,23H,3-8,11-12,14H2,1-2H3,(H2,20,21,22). The SMILES string of the molecule is CN=C(NCCCOC1CCCCC1)NCc1cc(OC)ccc1O. The molecule has 6 nitrogen and oxygen atoms in total. The van der Waals surface area contributed by atoms with Crippen molar-refractivity contribution >= 4 is 5.96 Å². The first-order valence-corrected chi connectivity index (χ1v) is 9.15. The highest BCUT2D eigenvalue weighted by atomic mass is 16.5. The van der Waals surface area contributed by atoms with Gasteiger partial charge in [0.05, 0.1) is 13.2 Å². The van der Waals surface area contributed by atoms with Crippen LogP contribution in [0.3, 0.4) is 0 Å². The molecule has 1 aliphatic rings. The van der Waals surface area contributed by atoms with E-state index < -0.39 is 0 Å². The molecule has 140 valence electrons. The summed E-state index contributed by atoms with van der Waals surface area (Å²) in [6.07, 6.45) is 7.78. The Labute approximate surface area is 150 Å². The quantitative estimate of drug-likeness (QED) is 0.382. The zero-order valence-corrected chi connectivity index (χ0v) is 15.4. The van der Waals surface area contributed by atoms with Crippen LogP contribution in [-0.4, -0.2) is 44.5 Å². The van der Waals surface area contributed by atoms with Gasteiger partial charge in [0.15, 0.2) is 5.96 Å². The number of ether oxygens (including phenoxy) is 2. The van der Waals surface area contributed by atoms with Crippen molar-refractivity contribution in [2.24, 2.45) is 4.99 Å². The largest absolute Gasteiger partial charge is 0.508 e. The lowest BCUT2D eigenvalue weighted by Gasteiger charge is -2.22. The van der Waals surface area contributed by atoms with Crippen LogP contribution in [0, 0.1) is 0 Å². The van der Waals surface area contributed by atoms with Crippen molar-refractivity contribution in [1.82, 2.24) is 10.6 Å². The van der Waals surface area contributed by atoms with Gasteiger partial charge in [0.1, 0.15) is 11.5 Å². The maximum absolute atomic E-state index is 9.91. The van der Waals surface area contributed by atoms with Crippen molar-refractivity contribution in [3.8, 4) is 11.5 Å². The van der Waals surface area contributed by atoms with Crippen molar-refractivity contribution in [1.29, 1.82) is 0 Å². The van der Waals surface area contributed by atoms with Gasteiger partial charge in [-0.25, -0.2) is 0 Å². The van der Waals surface area contributed by atoms with Crippen molar-refractivity contribution in [2.75, 3.05) is 27.3 Å². The Kier molecular flexibility index (Phi) is 8.39. The zero-order valence-electron chi connectivity index (χ0n) is 15.4. The summed E-state index contributed by atoms with van der Waals surface area (Å²) in [5, 5.41) is 16.4. The molecular weight excluding hydrogens is 318 g/mol. The number of aromatic hydroxyl groups is 1. The number of phenols is 1. The summed E-state index contributed by atoms with van der Waals surface area (Å²) in [7, 11) is 3.35. The minimum absolute atomic E-state index is 0.240. The van der Waals surface area contributed by atoms with Crippen LogP contribution in [0.1, 0.15) is 44.1 Å². The molecule has 0 heterocycles. The van der Waals surface area contributed by atoms with Crippen molar-refractivity contribution in [2.45, 2.75) is 51.2 Å². The third kappa shape index (κ3) is 6.82. The summed E-state index contributed by atoms with van der Waals surface area (Å²) in [6.45, 7) is 2.06. The number of phenolic OH excluding ortho intramolecular Hbond substituents is 1. The van der Waals surface area contributed by atoms with Crippen LogP contribution in [0.4, 0.5) is 0 Å². The molecule has 1 aliphatic carbocycles. The van der Waals surface area contributed by atoms with Crippen molar-refractivity contribution < 1.29 is 14.6 Å². The third-order valence-electron chi connectivity index (χ3n) is 4.48. The summed E-state index contributed by atoms with van der Waals surface area (Å²) in [5.41, 5.74) is 0.767. The van der Waals surface area contributed by atoms with Crippen molar-refractivity contribution in [3.05, 3.63) is 23.8 Å². The maximum Gasteiger partial charge on any atom is 0.191 e. The maximum atomic E-state index is 9.91. The van der Waals surface area contributed by atoms with Gasteiger partial charge in [-0.3, -0.25) is 4.99 Å². The van der Waals surface area contributed by atoms with E-state index in [2.05, 4.69) is 15.6 Å². The van der Waals surface area contributed by atoms with Crippen LogP contribution in [-0.2, 0) is 11.3 Å². The van der Waals surface area contributed by atoms with E-state index in [1.54, 1.807) is 26.3 Å². The van der Waals surface area contributed by atoms with E-state index >= 15 is 0 Å². The lowest BCUT2D eigenvalue weighted by Crippen LogP contribution is -2.37. The first-order valence-electron chi connectivity index (χ1n) is 9.15. The number of rotatable bonds is 8. The molecule has 1 saturated carbocycles. The smallest absolute Gasteiger partial charge is 0.191 e. The van der Waals surface area contributed by atoms with Gasteiger partial charge in [-0.1, -0.05) is 19.3 Å². The van der Waals surface area contributed by atoms with Gasteiger partial charge in [-0.15, -0.1) is 0 Å². The molecule has 6 heteroatoms. The summed E-state index contributed by atoms with van der Waals surface area (Å²) in [6, 6.07) is 5.18. The molecule has 0 bridgehead atoms. The van der Waals surface area contributed by atoms with Crippen LogP contribution in [0.2, 0.25) is 0 Å². The highest BCUT2D eigenvalue weighted by molar-refractivity contribution is 5.79. The van der Waals surface area contributed by atoms with E-state index in [1.807, 2.05) is 6.07 Å². The second kappa shape index (κ2) is 10.8. The lowest BCUT2D eigenvalue weighted by atomic mass is 9.98. The van der Waals surface area contributed by atoms with Gasteiger partial charge in [0, 0.05) is 32.3 Å². The molecule has 0 saturated heterocycles. The molecule has 1 aromatic carbocycles. The van der Waals surface area contributed by atoms with E-state index in [4.69, 9.17) is 9.47 Å². The topological polar surface area (TPSA) is 75.1 Å². The molecule has 0 unspecified atom stereocenters. The summed E-state index contributed by atoms with van der Waals surface area (Å²) in [5.74, 6) is 1.67.